The quantitative estimate of drug-likeness (QED) is 0.681. The fraction of sp³-hybridized carbons (Fsp3) is 0.182. The SMILES string of the molecule is CSc1cccc(C=CCC#N)c1. The maximum absolute atomic E-state index is 8.34. The number of nitrogens with zero attached hydrogens (tertiary/aromatic N) is 1. The Bertz CT molecular complexity index is 336. The molecule has 1 aromatic rings. The summed E-state index contributed by atoms with van der Waals surface area (Å²) in [5.41, 5.74) is 1.15. The van der Waals surface area contributed by atoms with Crippen LogP contribution < -0.4 is 0 Å². The minimum absolute atomic E-state index is 0.476. The summed E-state index contributed by atoms with van der Waals surface area (Å²) >= 11 is 1.72. The Kier molecular flexibility index (Phi) is 4.14. The third kappa shape index (κ3) is 3.35. The summed E-state index contributed by atoms with van der Waals surface area (Å²) in [5.74, 6) is 0. The van der Waals surface area contributed by atoms with Crippen molar-refractivity contribution in [2.24, 2.45) is 0 Å². The topological polar surface area (TPSA) is 23.8 Å². The van der Waals surface area contributed by atoms with E-state index >= 15 is 0 Å². The van der Waals surface area contributed by atoms with Gasteiger partial charge in [0.15, 0.2) is 0 Å². The van der Waals surface area contributed by atoms with Crippen LogP contribution in [0.3, 0.4) is 0 Å². The fourth-order valence-electron chi connectivity index (χ4n) is 0.993. The van der Waals surface area contributed by atoms with E-state index in [0.29, 0.717) is 6.42 Å². The third-order valence-corrected chi connectivity index (χ3v) is 2.34. The van der Waals surface area contributed by atoms with Gasteiger partial charge in [-0.15, -0.1) is 11.8 Å². The van der Waals surface area contributed by atoms with Gasteiger partial charge in [0.1, 0.15) is 0 Å². The third-order valence-electron chi connectivity index (χ3n) is 1.61. The molecule has 0 bridgehead atoms. The molecule has 0 amide bonds. The van der Waals surface area contributed by atoms with E-state index in [2.05, 4.69) is 24.5 Å². The van der Waals surface area contributed by atoms with Gasteiger partial charge in [-0.2, -0.15) is 5.26 Å². The van der Waals surface area contributed by atoms with Crippen molar-refractivity contribution in [3.8, 4) is 6.07 Å². The molecule has 0 atom stereocenters. The number of thioether (sulfide) groups is 1. The molecule has 13 heavy (non-hydrogen) atoms. The first kappa shape index (κ1) is 9.88. The molecule has 0 saturated heterocycles. The van der Waals surface area contributed by atoms with Crippen LogP contribution in [0.1, 0.15) is 12.0 Å². The molecule has 1 aromatic carbocycles. The van der Waals surface area contributed by atoms with E-state index in [1.165, 1.54) is 4.90 Å². The van der Waals surface area contributed by atoms with Crippen LogP contribution in [-0.4, -0.2) is 6.26 Å². The Balaban J connectivity index is 2.73. The van der Waals surface area contributed by atoms with Crippen molar-refractivity contribution in [1.82, 2.24) is 0 Å². The Hall–Kier alpha value is -1.20. The molecule has 0 N–H and O–H groups in total. The van der Waals surface area contributed by atoms with Crippen LogP contribution in [0.15, 0.2) is 35.2 Å². The number of benzene rings is 1. The van der Waals surface area contributed by atoms with Crippen LogP contribution in [0.2, 0.25) is 0 Å². The minimum Gasteiger partial charge on any atom is -0.198 e. The molecule has 0 spiro atoms. The molecule has 0 unspecified atom stereocenters. The largest absolute Gasteiger partial charge is 0.198 e. The van der Waals surface area contributed by atoms with E-state index in [1.807, 2.05) is 24.3 Å². The molecule has 0 heterocycles. The van der Waals surface area contributed by atoms with Gasteiger partial charge in [-0.05, 0) is 24.0 Å². The van der Waals surface area contributed by atoms with E-state index in [4.69, 9.17) is 5.26 Å². The van der Waals surface area contributed by atoms with Crippen LogP contribution in [0.4, 0.5) is 0 Å². The molecule has 0 aliphatic heterocycles. The molecule has 0 aromatic heterocycles. The lowest BCUT2D eigenvalue weighted by Crippen LogP contribution is -1.73. The zero-order valence-electron chi connectivity index (χ0n) is 7.53. The summed E-state index contributed by atoms with van der Waals surface area (Å²) in [6, 6.07) is 10.3. The van der Waals surface area contributed by atoms with E-state index < -0.39 is 0 Å². The minimum atomic E-state index is 0.476. The van der Waals surface area contributed by atoms with Gasteiger partial charge in [0.05, 0.1) is 12.5 Å². The summed E-state index contributed by atoms with van der Waals surface area (Å²) in [4.78, 5) is 1.25. The number of hydrogen-bond donors (Lipinski definition) is 0. The van der Waals surface area contributed by atoms with Gasteiger partial charge < -0.3 is 0 Å². The smallest absolute Gasteiger partial charge is 0.0663 e. The maximum atomic E-state index is 8.34. The number of hydrogen-bond acceptors (Lipinski definition) is 2. The summed E-state index contributed by atoms with van der Waals surface area (Å²) < 4.78 is 0. The monoisotopic (exact) mass is 189 g/mol. The molecular formula is C11H11NS. The Morgan fingerprint density at radius 2 is 2.38 bits per heavy atom. The number of rotatable bonds is 3. The molecule has 1 nitrogen and oxygen atoms in total. The first-order valence-corrected chi connectivity index (χ1v) is 5.27. The van der Waals surface area contributed by atoms with Crippen LogP contribution in [0, 0.1) is 11.3 Å². The van der Waals surface area contributed by atoms with Gasteiger partial charge in [-0.25, -0.2) is 0 Å². The van der Waals surface area contributed by atoms with Crippen LogP contribution >= 0.6 is 11.8 Å². The van der Waals surface area contributed by atoms with Crippen LogP contribution in [0.5, 0.6) is 0 Å². The van der Waals surface area contributed by atoms with Gasteiger partial charge in [0, 0.05) is 4.90 Å². The molecule has 0 aliphatic rings. The lowest BCUT2D eigenvalue weighted by atomic mass is 10.2. The molecule has 0 fully saturated rings. The standard InChI is InChI=1S/C11H11NS/c1-13-11-7-4-6-10(9-11)5-2-3-8-12/h2,4-7,9H,3H2,1H3. The average molecular weight is 189 g/mol. The molecule has 0 aliphatic carbocycles. The summed E-state index contributed by atoms with van der Waals surface area (Å²) in [5, 5.41) is 8.34. The van der Waals surface area contributed by atoms with Gasteiger partial charge in [0.2, 0.25) is 0 Å². The highest BCUT2D eigenvalue weighted by Gasteiger charge is 1.89. The van der Waals surface area contributed by atoms with Crippen molar-refractivity contribution in [2.45, 2.75) is 11.3 Å². The Morgan fingerprint density at radius 1 is 1.54 bits per heavy atom. The molecule has 0 saturated carbocycles. The summed E-state index contributed by atoms with van der Waals surface area (Å²) in [6.45, 7) is 0. The van der Waals surface area contributed by atoms with Crippen molar-refractivity contribution < 1.29 is 0 Å². The number of allylic oxidation sites excluding steroid dienone is 1. The van der Waals surface area contributed by atoms with Crippen molar-refractivity contribution in [3.63, 3.8) is 0 Å². The maximum Gasteiger partial charge on any atom is 0.0663 e. The van der Waals surface area contributed by atoms with Gasteiger partial charge in [-0.3, -0.25) is 0 Å². The van der Waals surface area contributed by atoms with Gasteiger partial charge in [0.25, 0.3) is 0 Å². The highest BCUT2D eigenvalue weighted by Crippen LogP contribution is 2.16. The predicted molar refractivity (Wildman–Crippen MR) is 57.5 cm³/mol. The van der Waals surface area contributed by atoms with E-state index in [0.717, 1.165) is 5.56 Å². The van der Waals surface area contributed by atoms with Crippen molar-refractivity contribution >= 4 is 17.8 Å². The second-order valence-corrected chi connectivity index (χ2v) is 3.42. The van der Waals surface area contributed by atoms with Crippen LogP contribution in [-0.2, 0) is 0 Å². The summed E-state index contributed by atoms with van der Waals surface area (Å²) in [7, 11) is 0. The molecule has 1 rings (SSSR count). The lowest BCUT2D eigenvalue weighted by molar-refractivity contribution is 1.36. The van der Waals surface area contributed by atoms with Crippen molar-refractivity contribution in [1.29, 1.82) is 5.26 Å². The second-order valence-electron chi connectivity index (χ2n) is 2.54. The zero-order chi connectivity index (χ0) is 9.52. The first-order valence-electron chi connectivity index (χ1n) is 4.04. The second kappa shape index (κ2) is 5.45. The lowest BCUT2D eigenvalue weighted by Gasteiger charge is -1.96. The highest BCUT2D eigenvalue weighted by molar-refractivity contribution is 7.98. The fourth-order valence-corrected chi connectivity index (χ4v) is 1.46. The molecule has 66 valence electrons. The molecular weight excluding hydrogens is 178 g/mol. The first-order chi connectivity index (χ1) is 6.36. The van der Waals surface area contributed by atoms with Gasteiger partial charge in [-0.1, -0.05) is 24.3 Å². The van der Waals surface area contributed by atoms with Crippen LogP contribution in [0.25, 0.3) is 6.08 Å². The van der Waals surface area contributed by atoms with Gasteiger partial charge >= 0.3 is 0 Å². The zero-order valence-corrected chi connectivity index (χ0v) is 8.34. The average Bonchev–Trinajstić information content (AvgIpc) is 2.19. The van der Waals surface area contributed by atoms with Crippen molar-refractivity contribution in [3.05, 3.63) is 35.9 Å². The normalized spacial score (nSPS) is 10.2. The van der Waals surface area contributed by atoms with E-state index in [1.54, 1.807) is 11.8 Å². The van der Waals surface area contributed by atoms with Crippen molar-refractivity contribution in [2.75, 3.05) is 6.26 Å². The number of nitriles is 1. The highest BCUT2D eigenvalue weighted by atomic mass is 32.2. The molecule has 2 heteroatoms. The Morgan fingerprint density at radius 3 is 3.08 bits per heavy atom. The Labute approximate surface area is 83.1 Å². The molecule has 0 radical (unpaired) electrons. The summed E-state index contributed by atoms with van der Waals surface area (Å²) in [6.07, 6.45) is 6.38. The predicted octanol–water partition coefficient (Wildman–Crippen LogP) is 3.34. The van der Waals surface area contributed by atoms with E-state index in [9.17, 15) is 0 Å². The van der Waals surface area contributed by atoms with E-state index in [-0.39, 0.29) is 0 Å².